The molecular weight excluding hydrogens is 436 g/mol. The van der Waals surface area contributed by atoms with E-state index in [1.165, 1.54) is 0 Å². The lowest BCUT2D eigenvalue weighted by Crippen LogP contribution is -2.37. The van der Waals surface area contributed by atoms with E-state index in [4.69, 9.17) is 28.6 Å². The molecule has 0 atom stereocenters. The number of hydrogen-bond donors (Lipinski definition) is 2. The van der Waals surface area contributed by atoms with E-state index in [2.05, 4.69) is 26.6 Å². The van der Waals surface area contributed by atoms with Gasteiger partial charge in [-0.2, -0.15) is 0 Å². The van der Waals surface area contributed by atoms with Crippen LogP contribution >= 0.6 is 39.7 Å². The monoisotopic (exact) mass is 448 g/mol. The predicted molar refractivity (Wildman–Crippen MR) is 113 cm³/mol. The standard InChI is InChI=1S/C19H14BrClN2O2S/c20-16-8-6-14(10-17(16)21)22-19(26)23-18(24)11-25-15-7-5-12-3-1-2-4-13(12)9-15/h1-10H,11H2,(H2,22,23,24,26). The molecule has 1 amide bonds. The maximum atomic E-state index is 12.0. The van der Waals surface area contributed by atoms with Crippen molar-refractivity contribution in [3.63, 3.8) is 0 Å². The van der Waals surface area contributed by atoms with Crippen LogP contribution in [0.3, 0.4) is 0 Å². The number of hydrogen-bond acceptors (Lipinski definition) is 3. The Labute approximate surface area is 169 Å². The Morgan fingerprint density at radius 2 is 1.85 bits per heavy atom. The summed E-state index contributed by atoms with van der Waals surface area (Å²) < 4.78 is 6.32. The molecular formula is C19H14BrClN2O2S. The summed E-state index contributed by atoms with van der Waals surface area (Å²) in [5.74, 6) is 0.274. The van der Waals surface area contributed by atoms with Crippen LogP contribution in [0.15, 0.2) is 65.1 Å². The number of carbonyl (C=O) groups is 1. The van der Waals surface area contributed by atoms with Crippen molar-refractivity contribution in [2.24, 2.45) is 0 Å². The Kier molecular flexibility index (Phi) is 6.08. The minimum absolute atomic E-state index is 0.138. The van der Waals surface area contributed by atoms with Gasteiger partial charge < -0.3 is 10.1 Å². The Bertz CT molecular complexity index is 981. The summed E-state index contributed by atoms with van der Waals surface area (Å²) in [6, 6.07) is 18.9. The molecule has 0 aliphatic rings. The molecule has 4 nitrogen and oxygen atoms in total. The Hall–Kier alpha value is -2.15. The molecule has 0 fully saturated rings. The average Bonchev–Trinajstić information content (AvgIpc) is 2.63. The van der Waals surface area contributed by atoms with E-state index < -0.39 is 0 Å². The summed E-state index contributed by atoms with van der Waals surface area (Å²) in [5.41, 5.74) is 0.680. The number of halogens is 2. The lowest BCUT2D eigenvalue weighted by Gasteiger charge is -2.11. The fourth-order valence-electron chi connectivity index (χ4n) is 2.31. The van der Waals surface area contributed by atoms with Crippen LogP contribution in [0.1, 0.15) is 0 Å². The number of rotatable bonds is 4. The second-order valence-electron chi connectivity index (χ2n) is 5.43. The molecule has 3 aromatic rings. The van der Waals surface area contributed by atoms with Gasteiger partial charge in [-0.25, -0.2) is 0 Å². The number of benzene rings is 3. The van der Waals surface area contributed by atoms with Gasteiger partial charge in [0.05, 0.1) is 5.02 Å². The highest BCUT2D eigenvalue weighted by atomic mass is 79.9. The largest absolute Gasteiger partial charge is 0.484 e. The maximum absolute atomic E-state index is 12.0. The van der Waals surface area contributed by atoms with Crippen molar-refractivity contribution in [3.05, 3.63) is 70.2 Å². The highest BCUT2D eigenvalue weighted by Crippen LogP contribution is 2.25. The second-order valence-corrected chi connectivity index (χ2v) is 7.10. The van der Waals surface area contributed by atoms with Crippen molar-refractivity contribution < 1.29 is 9.53 Å². The fraction of sp³-hybridized carbons (Fsp3) is 0.0526. The summed E-state index contributed by atoms with van der Waals surface area (Å²) >= 11 is 14.5. The number of carbonyl (C=O) groups excluding carboxylic acids is 1. The van der Waals surface area contributed by atoms with Gasteiger partial charge in [0.25, 0.3) is 5.91 Å². The number of nitrogens with one attached hydrogen (secondary N) is 2. The van der Waals surface area contributed by atoms with Crippen LogP contribution in [0.25, 0.3) is 10.8 Å². The quantitative estimate of drug-likeness (QED) is 0.541. The minimum Gasteiger partial charge on any atom is -0.484 e. The van der Waals surface area contributed by atoms with E-state index in [-0.39, 0.29) is 17.6 Å². The van der Waals surface area contributed by atoms with E-state index in [9.17, 15) is 4.79 Å². The van der Waals surface area contributed by atoms with Crippen molar-refractivity contribution in [1.82, 2.24) is 5.32 Å². The highest BCUT2D eigenvalue weighted by Gasteiger charge is 2.07. The smallest absolute Gasteiger partial charge is 0.264 e. The van der Waals surface area contributed by atoms with Crippen LogP contribution in [0, 0.1) is 0 Å². The third-order valence-electron chi connectivity index (χ3n) is 3.52. The average molecular weight is 450 g/mol. The van der Waals surface area contributed by atoms with E-state index in [0.717, 1.165) is 15.2 Å². The van der Waals surface area contributed by atoms with Crippen LogP contribution in [0.2, 0.25) is 5.02 Å². The zero-order chi connectivity index (χ0) is 18.5. The lowest BCUT2D eigenvalue weighted by molar-refractivity contribution is -0.121. The lowest BCUT2D eigenvalue weighted by atomic mass is 10.1. The molecule has 0 aliphatic heterocycles. The van der Waals surface area contributed by atoms with Gasteiger partial charge in [0, 0.05) is 10.2 Å². The minimum atomic E-state index is -0.348. The van der Waals surface area contributed by atoms with E-state index in [1.54, 1.807) is 18.2 Å². The first kappa shape index (κ1) is 18.6. The molecule has 3 rings (SSSR count). The molecule has 0 spiro atoms. The molecule has 0 aliphatic carbocycles. The number of amides is 1. The Morgan fingerprint density at radius 3 is 2.62 bits per heavy atom. The summed E-state index contributed by atoms with van der Waals surface area (Å²) in [7, 11) is 0. The number of thiocarbonyl (C=S) groups is 1. The highest BCUT2D eigenvalue weighted by molar-refractivity contribution is 9.10. The topological polar surface area (TPSA) is 50.4 Å². The van der Waals surface area contributed by atoms with Crippen LogP contribution in [0.4, 0.5) is 5.69 Å². The number of anilines is 1. The first-order chi connectivity index (χ1) is 12.5. The van der Waals surface area contributed by atoms with Crippen LogP contribution in [-0.4, -0.2) is 17.6 Å². The van der Waals surface area contributed by atoms with Crippen molar-refractivity contribution in [2.45, 2.75) is 0 Å². The van der Waals surface area contributed by atoms with Crippen molar-refractivity contribution in [1.29, 1.82) is 0 Å². The van der Waals surface area contributed by atoms with Gasteiger partial charge in [0.2, 0.25) is 0 Å². The third kappa shape index (κ3) is 4.94. The van der Waals surface area contributed by atoms with Gasteiger partial charge in [-0.1, -0.05) is 41.9 Å². The molecule has 7 heteroatoms. The summed E-state index contributed by atoms with van der Waals surface area (Å²) in [6.45, 7) is -0.138. The molecule has 3 aromatic carbocycles. The molecule has 26 heavy (non-hydrogen) atoms. The summed E-state index contributed by atoms with van der Waals surface area (Å²) in [5, 5.41) is 8.36. The van der Waals surface area contributed by atoms with Gasteiger partial charge in [-0.3, -0.25) is 10.1 Å². The van der Waals surface area contributed by atoms with Gasteiger partial charge in [0.15, 0.2) is 11.7 Å². The second kappa shape index (κ2) is 8.49. The molecule has 0 bridgehead atoms. The Morgan fingerprint density at radius 1 is 1.08 bits per heavy atom. The molecule has 0 aromatic heterocycles. The Balaban J connectivity index is 1.52. The first-order valence-electron chi connectivity index (χ1n) is 7.69. The first-order valence-corrected chi connectivity index (χ1v) is 9.27. The predicted octanol–water partition coefficient (Wildman–Crippen LogP) is 5.15. The molecule has 0 unspecified atom stereocenters. The van der Waals surface area contributed by atoms with E-state index >= 15 is 0 Å². The zero-order valence-corrected chi connectivity index (χ0v) is 16.6. The number of fused-ring (bicyclic) bond motifs is 1. The van der Waals surface area contributed by atoms with Crippen LogP contribution in [0.5, 0.6) is 5.75 Å². The van der Waals surface area contributed by atoms with Crippen molar-refractivity contribution in [2.75, 3.05) is 11.9 Å². The molecule has 0 radical (unpaired) electrons. The van der Waals surface area contributed by atoms with Gasteiger partial charge in [-0.15, -0.1) is 0 Å². The van der Waals surface area contributed by atoms with E-state index in [0.29, 0.717) is 16.5 Å². The third-order valence-corrected chi connectivity index (χ3v) is 4.96. The van der Waals surface area contributed by atoms with Crippen LogP contribution < -0.4 is 15.4 Å². The molecule has 0 saturated carbocycles. The maximum Gasteiger partial charge on any atom is 0.264 e. The molecule has 0 saturated heterocycles. The van der Waals surface area contributed by atoms with Crippen molar-refractivity contribution in [3.8, 4) is 5.75 Å². The van der Waals surface area contributed by atoms with Gasteiger partial charge in [0.1, 0.15) is 5.75 Å². The molecule has 0 heterocycles. The molecule has 2 N–H and O–H groups in total. The van der Waals surface area contributed by atoms with Crippen molar-refractivity contribution >= 4 is 67.2 Å². The van der Waals surface area contributed by atoms with E-state index in [1.807, 2.05) is 42.5 Å². The zero-order valence-electron chi connectivity index (χ0n) is 13.5. The summed E-state index contributed by atoms with van der Waals surface area (Å²) in [4.78, 5) is 12.0. The fourth-order valence-corrected chi connectivity index (χ4v) is 2.96. The van der Waals surface area contributed by atoms with Gasteiger partial charge in [-0.05, 0) is 69.3 Å². The SMILES string of the molecule is O=C(COc1ccc2ccccc2c1)NC(=S)Nc1ccc(Br)c(Cl)c1. The normalized spacial score (nSPS) is 10.4. The summed E-state index contributed by atoms with van der Waals surface area (Å²) in [6.07, 6.45) is 0. The number of ether oxygens (including phenoxy) is 1. The molecule has 132 valence electrons. The van der Waals surface area contributed by atoms with Crippen LogP contribution in [-0.2, 0) is 4.79 Å². The van der Waals surface area contributed by atoms with Gasteiger partial charge >= 0.3 is 0 Å².